The van der Waals surface area contributed by atoms with Crippen LogP contribution in [0.1, 0.15) is 55.5 Å². The summed E-state index contributed by atoms with van der Waals surface area (Å²) >= 11 is 3.37. The summed E-state index contributed by atoms with van der Waals surface area (Å²) in [6.45, 7) is 5.22. The molecule has 0 aliphatic carbocycles. The van der Waals surface area contributed by atoms with Crippen LogP contribution in [-0.4, -0.2) is 27.1 Å². The van der Waals surface area contributed by atoms with E-state index in [1.165, 1.54) is 17.0 Å². The van der Waals surface area contributed by atoms with Crippen molar-refractivity contribution in [1.82, 2.24) is 5.32 Å². The molecule has 0 saturated heterocycles. The Morgan fingerprint density at radius 2 is 1.70 bits per heavy atom. The molecule has 1 atom stereocenters. The molecule has 0 heterocycles. The first-order chi connectivity index (χ1) is 14.2. The molecule has 1 amide bonds. The largest absolute Gasteiger partial charge is 0.352 e. The Morgan fingerprint density at radius 3 is 2.23 bits per heavy atom. The van der Waals surface area contributed by atoms with Gasteiger partial charge < -0.3 is 5.32 Å². The quantitative estimate of drug-likeness (QED) is 0.456. The van der Waals surface area contributed by atoms with Crippen LogP contribution < -0.4 is 9.62 Å². The second kappa shape index (κ2) is 11.5. The summed E-state index contributed by atoms with van der Waals surface area (Å²) in [5.41, 5.74) is 1.99. The van der Waals surface area contributed by atoms with E-state index in [-0.39, 0.29) is 12.5 Å². The van der Waals surface area contributed by atoms with Crippen LogP contribution in [-0.2, 0) is 16.6 Å². The fourth-order valence-electron chi connectivity index (χ4n) is 3.22. The molecular formula is C23H31BrN2O3S. The Hall–Kier alpha value is -1.86. The molecule has 2 rings (SSSR count). The number of unbranched alkanes of at least 4 members (excludes halogenated alkanes) is 1. The van der Waals surface area contributed by atoms with E-state index in [1.807, 2.05) is 12.1 Å². The van der Waals surface area contributed by atoms with Gasteiger partial charge in [-0.1, -0.05) is 61.2 Å². The molecule has 0 saturated carbocycles. The molecule has 0 spiro atoms. The lowest BCUT2D eigenvalue weighted by Crippen LogP contribution is -2.30. The fraction of sp³-hybridized carbons (Fsp3) is 0.435. The van der Waals surface area contributed by atoms with Gasteiger partial charge in [0, 0.05) is 16.6 Å². The molecule has 30 heavy (non-hydrogen) atoms. The number of halogens is 1. The van der Waals surface area contributed by atoms with Crippen molar-refractivity contribution in [1.29, 1.82) is 0 Å². The van der Waals surface area contributed by atoms with Crippen LogP contribution in [0.3, 0.4) is 0 Å². The minimum atomic E-state index is -3.45. The molecule has 5 nitrogen and oxygen atoms in total. The zero-order valence-corrected chi connectivity index (χ0v) is 20.3. The maximum Gasteiger partial charge on any atom is 0.251 e. The highest BCUT2D eigenvalue weighted by molar-refractivity contribution is 9.10. The van der Waals surface area contributed by atoms with Crippen LogP contribution in [0.15, 0.2) is 53.0 Å². The number of carbonyl (C=O) groups is 1. The first kappa shape index (κ1) is 24.4. The Balaban J connectivity index is 2.04. The molecule has 0 fully saturated rings. The number of sulfonamides is 1. The minimum Gasteiger partial charge on any atom is -0.352 e. The molecule has 0 aliphatic heterocycles. The van der Waals surface area contributed by atoms with Crippen molar-refractivity contribution < 1.29 is 13.2 Å². The third-order valence-electron chi connectivity index (χ3n) is 5.15. The summed E-state index contributed by atoms with van der Waals surface area (Å²) < 4.78 is 26.8. The van der Waals surface area contributed by atoms with Gasteiger partial charge in [0.1, 0.15) is 0 Å². The zero-order chi connectivity index (χ0) is 22.1. The highest BCUT2D eigenvalue weighted by Gasteiger charge is 2.18. The number of amides is 1. The number of rotatable bonds is 11. The number of hydrogen-bond donors (Lipinski definition) is 1. The highest BCUT2D eigenvalue weighted by atomic mass is 79.9. The zero-order valence-electron chi connectivity index (χ0n) is 17.9. The smallest absolute Gasteiger partial charge is 0.251 e. The van der Waals surface area contributed by atoms with Gasteiger partial charge in [0.2, 0.25) is 10.0 Å². The normalized spacial score (nSPS) is 12.4. The molecule has 1 N–H and O–H groups in total. The SMILES string of the molecule is CCCCC(CC)CNC(=O)c1ccc(CN(c2ccc(Br)cc2)S(C)(=O)=O)cc1. The average molecular weight is 495 g/mol. The van der Waals surface area contributed by atoms with Gasteiger partial charge in [0.15, 0.2) is 0 Å². The number of hydrogen-bond acceptors (Lipinski definition) is 3. The predicted octanol–water partition coefficient (Wildman–Crippen LogP) is 5.36. The number of carbonyl (C=O) groups excluding carboxylic acids is 1. The Bertz CT molecular complexity index is 912. The molecule has 1 unspecified atom stereocenters. The summed E-state index contributed by atoms with van der Waals surface area (Å²) in [5, 5.41) is 3.02. The fourth-order valence-corrected chi connectivity index (χ4v) is 4.37. The Morgan fingerprint density at radius 1 is 1.07 bits per heavy atom. The predicted molar refractivity (Wildman–Crippen MR) is 127 cm³/mol. The topological polar surface area (TPSA) is 66.5 Å². The van der Waals surface area contributed by atoms with Crippen LogP contribution in [0.2, 0.25) is 0 Å². The van der Waals surface area contributed by atoms with Crippen molar-refractivity contribution in [3.8, 4) is 0 Å². The highest BCUT2D eigenvalue weighted by Crippen LogP contribution is 2.23. The van der Waals surface area contributed by atoms with E-state index >= 15 is 0 Å². The summed E-state index contributed by atoms with van der Waals surface area (Å²) in [7, 11) is -3.45. The number of benzene rings is 2. The molecule has 0 aliphatic rings. The van der Waals surface area contributed by atoms with Crippen LogP contribution in [0.25, 0.3) is 0 Å². The molecule has 7 heteroatoms. The van der Waals surface area contributed by atoms with E-state index in [0.29, 0.717) is 23.7 Å². The minimum absolute atomic E-state index is 0.0932. The van der Waals surface area contributed by atoms with Crippen molar-refractivity contribution >= 4 is 37.5 Å². The number of anilines is 1. The molecule has 2 aromatic carbocycles. The Kier molecular flexibility index (Phi) is 9.37. The molecule has 2 aromatic rings. The maximum absolute atomic E-state index is 12.5. The molecule has 0 bridgehead atoms. The Labute approximate surface area is 189 Å². The molecule has 164 valence electrons. The van der Waals surface area contributed by atoms with Crippen LogP contribution in [0.4, 0.5) is 5.69 Å². The lowest BCUT2D eigenvalue weighted by Gasteiger charge is -2.22. The van der Waals surface area contributed by atoms with Gasteiger partial charge in [-0.25, -0.2) is 8.42 Å². The average Bonchev–Trinajstić information content (AvgIpc) is 2.72. The lowest BCUT2D eigenvalue weighted by molar-refractivity contribution is 0.0946. The summed E-state index contributed by atoms with van der Waals surface area (Å²) in [5.74, 6) is 0.409. The third-order valence-corrected chi connectivity index (χ3v) is 6.82. The monoisotopic (exact) mass is 494 g/mol. The van der Waals surface area contributed by atoms with Gasteiger partial charge in [-0.2, -0.15) is 0 Å². The van der Waals surface area contributed by atoms with Gasteiger partial charge in [-0.3, -0.25) is 9.10 Å². The van der Waals surface area contributed by atoms with E-state index in [0.717, 1.165) is 29.3 Å². The van der Waals surface area contributed by atoms with Crippen LogP contribution in [0, 0.1) is 5.92 Å². The molecule has 0 radical (unpaired) electrons. The number of nitrogens with zero attached hydrogens (tertiary/aromatic N) is 1. The van der Waals surface area contributed by atoms with E-state index in [1.54, 1.807) is 36.4 Å². The second-order valence-corrected chi connectivity index (χ2v) is 10.4. The van der Waals surface area contributed by atoms with Gasteiger partial charge in [-0.05, 0) is 54.3 Å². The van der Waals surface area contributed by atoms with Crippen molar-refractivity contribution in [3.63, 3.8) is 0 Å². The first-order valence-electron chi connectivity index (χ1n) is 10.3. The van der Waals surface area contributed by atoms with Crippen molar-refractivity contribution in [2.24, 2.45) is 5.92 Å². The number of nitrogens with one attached hydrogen (secondary N) is 1. The molecular weight excluding hydrogens is 464 g/mol. The van der Waals surface area contributed by atoms with Crippen molar-refractivity contribution in [3.05, 3.63) is 64.1 Å². The van der Waals surface area contributed by atoms with Crippen molar-refractivity contribution in [2.45, 2.75) is 46.1 Å². The van der Waals surface area contributed by atoms with Crippen molar-refractivity contribution in [2.75, 3.05) is 17.1 Å². The van der Waals surface area contributed by atoms with Crippen LogP contribution in [0.5, 0.6) is 0 Å². The van der Waals surface area contributed by atoms with Crippen LogP contribution >= 0.6 is 15.9 Å². The van der Waals surface area contributed by atoms with Gasteiger partial charge in [0.25, 0.3) is 5.91 Å². The lowest BCUT2D eigenvalue weighted by atomic mass is 9.99. The van der Waals surface area contributed by atoms with Gasteiger partial charge >= 0.3 is 0 Å². The first-order valence-corrected chi connectivity index (χ1v) is 13.0. The summed E-state index contributed by atoms with van der Waals surface area (Å²) in [6, 6.07) is 14.3. The van der Waals surface area contributed by atoms with E-state index in [2.05, 4.69) is 35.1 Å². The standard InChI is InChI=1S/C23H31BrN2O3S/c1-4-6-7-18(5-2)16-25-23(27)20-10-8-19(9-11-20)17-26(30(3,28)29)22-14-12-21(24)13-15-22/h8-15,18H,4-7,16-17H2,1-3H3,(H,25,27). The van der Waals surface area contributed by atoms with E-state index in [4.69, 9.17) is 0 Å². The third kappa shape index (κ3) is 7.43. The van der Waals surface area contributed by atoms with Gasteiger partial charge in [-0.15, -0.1) is 0 Å². The second-order valence-electron chi connectivity index (χ2n) is 7.57. The van der Waals surface area contributed by atoms with E-state index in [9.17, 15) is 13.2 Å². The maximum atomic E-state index is 12.5. The molecule has 0 aromatic heterocycles. The van der Waals surface area contributed by atoms with E-state index < -0.39 is 10.0 Å². The van der Waals surface area contributed by atoms with Gasteiger partial charge in [0.05, 0.1) is 18.5 Å². The summed E-state index contributed by atoms with van der Waals surface area (Å²) in [4.78, 5) is 12.5. The summed E-state index contributed by atoms with van der Waals surface area (Å²) in [6.07, 6.45) is 5.72.